The highest BCUT2D eigenvalue weighted by atomic mass is 19.1. The van der Waals surface area contributed by atoms with E-state index < -0.39 is 11.6 Å². The van der Waals surface area contributed by atoms with E-state index in [0.29, 0.717) is 12.8 Å². The van der Waals surface area contributed by atoms with E-state index in [1.807, 2.05) is 0 Å². The quantitative estimate of drug-likeness (QED) is 0.641. The number of rotatable bonds is 4. The third kappa shape index (κ3) is 2.45. The number of halogens is 1. The number of hydrogen-bond acceptors (Lipinski definition) is 4. The number of benzene rings is 1. The van der Waals surface area contributed by atoms with Gasteiger partial charge in [0.05, 0.1) is 0 Å². The number of carbonyl (C=O) groups is 1. The lowest BCUT2D eigenvalue weighted by Crippen LogP contribution is -2.50. The van der Waals surface area contributed by atoms with Gasteiger partial charge in [-0.25, -0.2) is 15.1 Å². The molecule has 0 spiro atoms. The van der Waals surface area contributed by atoms with Gasteiger partial charge in [-0.05, 0) is 37.0 Å². The summed E-state index contributed by atoms with van der Waals surface area (Å²) in [6.45, 7) is 0.101. The van der Waals surface area contributed by atoms with Crippen molar-refractivity contribution in [1.29, 1.82) is 0 Å². The van der Waals surface area contributed by atoms with Crippen molar-refractivity contribution >= 4 is 5.97 Å². The summed E-state index contributed by atoms with van der Waals surface area (Å²) in [6, 6.07) is 5.78. The molecular formula is C12H14FNO3. The Labute approximate surface area is 98.5 Å². The van der Waals surface area contributed by atoms with Gasteiger partial charge in [0.15, 0.2) is 5.60 Å². The van der Waals surface area contributed by atoms with Crippen LogP contribution in [0.5, 0.6) is 0 Å². The van der Waals surface area contributed by atoms with E-state index in [9.17, 15) is 9.18 Å². The zero-order valence-electron chi connectivity index (χ0n) is 9.32. The Morgan fingerprint density at radius 2 is 2.00 bits per heavy atom. The van der Waals surface area contributed by atoms with Crippen LogP contribution >= 0.6 is 0 Å². The minimum Gasteiger partial charge on any atom is -0.459 e. The van der Waals surface area contributed by atoms with Crippen molar-refractivity contribution in [1.82, 2.24) is 0 Å². The van der Waals surface area contributed by atoms with Crippen molar-refractivity contribution in [3.63, 3.8) is 0 Å². The van der Waals surface area contributed by atoms with Crippen molar-refractivity contribution in [2.45, 2.75) is 31.5 Å². The molecule has 0 aliphatic heterocycles. The fourth-order valence-corrected chi connectivity index (χ4v) is 1.73. The van der Waals surface area contributed by atoms with Gasteiger partial charge in [-0.2, -0.15) is 0 Å². The normalized spacial score (nSPS) is 17.3. The molecule has 0 saturated heterocycles. The van der Waals surface area contributed by atoms with Crippen LogP contribution in [0.3, 0.4) is 0 Å². The molecule has 0 atom stereocenters. The molecule has 2 rings (SSSR count). The molecule has 0 heterocycles. The van der Waals surface area contributed by atoms with Crippen molar-refractivity contribution in [2.75, 3.05) is 0 Å². The summed E-state index contributed by atoms with van der Waals surface area (Å²) >= 11 is 0. The molecule has 92 valence electrons. The van der Waals surface area contributed by atoms with Gasteiger partial charge >= 0.3 is 5.97 Å². The molecule has 1 aliphatic rings. The van der Waals surface area contributed by atoms with Gasteiger partial charge in [-0.1, -0.05) is 12.1 Å². The summed E-state index contributed by atoms with van der Waals surface area (Å²) in [6.07, 6.45) is 2.08. The molecule has 4 nitrogen and oxygen atoms in total. The van der Waals surface area contributed by atoms with Crippen LogP contribution < -0.4 is 5.90 Å². The van der Waals surface area contributed by atoms with E-state index in [1.165, 1.54) is 12.1 Å². The molecular weight excluding hydrogens is 225 g/mol. The Kier molecular flexibility index (Phi) is 3.40. The predicted molar refractivity (Wildman–Crippen MR) is 58.1 cm³/mol. The maximum atomic E-state index is 12.6. The van der Waals surface area contributed by atoms with Crippen LogP contribution in [0.15, 0.2) is 24.3 Å². The molecule has 1 saturated carbocycles. The summed E-state index contributed by atoms with van der Waals surface area (Å²) < 4.78 is 17.7. The first kappa shape index (κ1) is 12.0. The van der Waals surface area contributed by atoms with E-state index in [0.717, 1.165) is 12.0 Å². The fourth-order valence-electron chi connectivity index (χ4n) is 1.73. The Morgan fingerprint density at radius 3 is 2.47 bits per heavy atom. The lowest BCUT2D eigenvalue weighted by molar-refractivity contribution is -0.187. The summed E-state index contributed by atoms with van der Waals surface area (Å²) in [5, 5.41) is 0. The van der Waals surface area contributed by atoms with Crippen LogP contribution in [0.2, 0.25) is 0 Å². The van der Waals surface area contributed by atoms with E-state index in [1.54, 1.807) is 12.1 Å². The first-order valence-electron chi connectivity index (χ1n) is 5.46. The van der Waals surface area contributed by atoms with E-state index >= 15 is 0 Å². The second kappa shape index (κ2) is 4.81. The van der Waals surface area contributed by atoms with Crippen LogP contribution in [-0.4, -0.2) is 11.6 Å². The number of ether oxygens (including phenoxy) is 1. The first-order valence-corrected chi connectivity index (χ1v) is 5.46. The number of nitrogens with two attached hydrogens (primary N) is 1. The second-order valence-corrected chi connectivity index (χ2v) is 4.17. The molecule has 0 unspecified atom stereocenters. The van der Waals surface area contributed by atoms with Gasteiger partial charge < -0.3 is 4.74 Å². The van der Waals surface area contributed by atoms with Gasteiger partial charge in [0.2, 0.25) is 0 Å². The molecule has 0 radical (unpaired) electrons. The molecule has 2 N–H and O–H groups in total. The van der Waals surface area contributed by atoms with Gasteiger partial charge in [0, 0.05) is 0 Å². The molecule has 5 heteroatoms. The largest absolute Gasteiger partial charge is 0.459 e. The van der Waals surface area contributed by atoms with Gasteiger partial charge in [-0.15, -0.1) is 0 Å². The van der Waals surface area contributed by atoms with E-state index in [2.05, 4.69) is 0 Å². The van der Waals surface area contributed by atoms with E-state index in [-0.39, 0.29) is 12.4 Å². The maximum Gasteiger partial charge on any atom is 0.340 e. The summed E-state index contributed by atoms with van der Waals surface area (Å²) in [4.78, 5) is 16.4. The molecule has 1 aromatic carbocycles. The number of carbonyl (C=O) groups excluding carboxylic acids is 1. The third-order valence-corrected chi connectivity index (χ3v) is 3.04. The van der Waals surface area contributed by atoms with Crippen molar-refractivity contribution in [2.24, 2.45) is 5.90 Å². The Bertz CT molecular complexity index is 395. The number of esters is 1. The van der Waals surface area contributed by atoms with Crippen LogP contribution in [0.1, 0.15) is 24.8 Å². The van der Waals surface area contributed by atoms with Crippen LogP contribution in [-0.2, 0) is 21.0 Å². The molecule has 17 heavy (non-hydrogen) atoms. The SMILES string of the molecule is NOC1(C(=O)OCc2ccc(F)cc2)CCC1. The van der Waals surface area contributed by atoms with Crippen molar-refractivity contribution in [3.05, 3.63) is 35.6 Å². The average Bonchev–Trinajstić information content (AvgIpc) is 2.27. The summed E-state index contributed by atoms with van der Waals surface area (Å²) in [5.74, 6) is 4.34. The first-order chi connectivity index (χ1) is 8.16. The topological polar surface area (TPSA) is 61.5 Å². The average molecular weight is 239 g/mol. The van der Waals surface area contributed by atoms with Crippen LogP contribution in [0, 0.1) is 5.82 Å². The standard InChI is InChI=1S/C12H14FNO3/c13-10-4-2-9(3-5-10)8-16-11(15)12(17-14)6-1-7-12/h2-5H,1,6-8,14H2. The minimum absolute atomic E-state index is 0.101. The molecule has 0 aromatic heterocycles. The highest BCUT2D eigenvalue weighted by Gasteiger charge is 2.47. The fraction of sp³-hybridized carbons (Fsp3) is 0.417. The van der Waals surface area contributed by atoms with Crippen molar-refractivity contribution < 1.29 is 18.8 Å². The zero-order chi connectivity index (χ0) is 12.3. The lowest BCUT2D eigenvalue weighted by Gasteiger charge is -2.36. The third-order valence-electron chi connectivity index (χ3n) is 3.04. The monoisotopic (exact) mass is 239 g/mol. The Hall–Kier alpha value is -1.46. The molecule has 1 aromatic rings. The Balaban J connectivity index is 1.90. The van der Waals surface area contributed by atoms with E-state index in [4.69, 9.17) is 15.5 Å². The molecule has 0 bridgehead atoms. The summed E-state index contributed by atoms with van der Waals surface area (Å²) in [5.41, 5.74) is -0.230. The molecule has 1 aliphatic carbocycles. The van der Waals surface area contributed by atoms with Crippen LogP contribution in [0.25, 0.3) is 0 Å². The van der Waals surface area contributed by atoms with Gasteiger partial charge in [0.25, 0.3) is 0 Å². The van der Waals surface area contributed by atoms with Crippen molar-refractivity contribution in [3.8, 4) is 0 Å². The molecule has 1 fully saturated rings. The highest BCUT2D eigenvalue weighted by Crippen LogP contribution is 2.35. The lowest BCUT2D eigenvalue weighted by atomic mass is 9.80. The minimum atomic E-state index is -0.958. The molecule has 0 amide bonds. The van der Waals surface area contributed by atoms with Crippen LogP contribution in [0.4, 0.5) is 4.39 Å². The second-order valence-electron chi connectivity index (χ2n) is 4.17. The van der Waals surface area contributed by atoms with Gasteiger partial charge in [-0.3, -0.25) is 4.84 Å². The zero-order valence-corrected chi connectivity index (χ0v) is 9.32. The smallest absolute Gasteiger partial charge is 0.340 e. The predicted octanol–water partition coefficient (Wildman–Crippen LogP) is 1.68. The van der Waals surface area contributed by atoms with Gasteiger partial charge in [0.1, 0.15) is 12.4 Å². The summed E-state index contributed by atoms with van der Waals surface area (Å²) in [7, 11) is 0. The highest BCUT2D eigenvalue weighted by molar-refractivity contribution is 5.80. The Morgan fingerprint density at radius 1 is 1.35 bits per heavy atom. The maximum absolute atomic E-state index is 12.6. The number of hydrogen-bond donors (Lipinski definition) is 1.